The van der Waals surface area contributed by atoms with E-state index in [2.05, 4.69) is 74.1 Å². The lowest BCUT2D eigenvalue weighted by Gasteiger charge is -2.51. The zero-order valence-corrected chi connectivity index (χ0v) is 27.8. The van der Waals surface area contributed by atoms with Gasteiger partial charge in [-0.25, -0.2) is 0 Å². The van der Waals surface area contributed by atoms with E-state index in [0.29, 0.717) is 0 Å². The van der Waals surface area contributed by atoms with Gasteiger partial charge in [-0.1, -0.05) is 80.1 Å². The first-order valence-corrected chi connectivity index (χ1v) is 16.6. The average molecular weight is 615 g/mol. The van der Waals surface area contributed by atoms with E-state index < -0.39 is 7.87 Å². The lowest BCUT2D eigenvalue weighted by Crippen LogP contribution is -3.00. The first-order chi connectivity index (χ1) is 16.1. The molecular weight excluding hydrogens is 550 g/mol. The molecule has 0 heterocycles. The third-order valence-electron chi connectivity index (χ3n) is 6.87. The highest BCUT2D eigenvalue weighted by molar-refractivity contribution is 7.66. The smallest absolute Gasteiger partial charge is 0.308 e. The first-order valence-electron chi connectivity index (χ1n) is 15.0. The molecule has 0 N–H and O–H groups in total. The summed E-state index contributed by atoms with van der Waals surface area (Å²) in [5.41, 5.74) is 0. The van der Waals surface area contributed by atoms with Gasteiger partial charge in [-0.2, -0.15) is 0 Å². The van der Waals surface area contributed by atoms with Crippen LogP contribution in [0.2, 0.25) is 0 Å². The van der Waals surface area contributed by atoms with E-state index in [4.69, 9.17) is 0 Å². The first kappa shape index (κ1) is 37.2. The van der Waals surface area contributed by atoms with Crippen molar-refractivity contribution >= 4 is 7.87 Å². The van der Waals surface area contributed by atoms with Crippen LogP contribution in [0.3, 0.4) is 0 Å². The Kier molecular flexibility index (Phi) is 26.6. The van der Waals surface area contributed by atoms with E-state index in [1.165, 1.54) is 116 Å². The number of unbranched alkanes of at least 4 members (excludes halogenated alkanes) is 6. The van der Waals surface area contributed by atoms with E-state index in [1.54, 1.807) is 0 Å². The molecule has 0 rings (SSSR count). The Balaban J connectivity index is 0. The number of hydrogen-bond donors (Lipinski definition) is 0. The maximum atomic E-state index is 3.05. The fraction of sp³-hybridized carbons (Fsp3) is 1.00. The van der Waals surface area contributed by atoms with Crippen LogP contribution < -0.4 is 24.0 Å². The van der Waals surface area contributed by atoms with Gasteiger partial charge in [-0.15, -0.1) is 18.7 Å². The monoisotopic (exact) mass is 614 g/mol. The Hall–Kier alpha value is 1.00. The minimum Gasteiger partial charge on any atom is -1.00 e. The highest BCUT2D eigenvalue weighted by Crippen LogP contribution is 2.70. The van der Waals surface area contributed by atoms with Gasteiger partial charge < -0.3 is 24.0 Å². The number of rotatable bonds is 24. The van der Waals surface area contributed by atoms with Gasteiger partial charge in [0.2, 0.25) is 0 Å². The maximum Gasteiger partial charge on any atom is 0.308 e. The van der Waals surface area contributed by atoms with Crippen molar-refractivity contribution in [1.29, 1.82) is 0 Å². The second-order valence-corrected chi connectivity index (χ2v) is 13.0. The normalized spacial score (nSPS) is 12.4. The van der Waals surface area contributed by atoms with Gasteiger partial charge in [0.1, 0.15) is 0 Å². The Morgan fingerprint density at radius 2 is 0.559 bits per heavy atom. The van der Waals surface area contributed by atoms with Crippen LogP contribution in [0.15, 0.2) is 0 Å². The quantitative estimate of drug-likeness (QED) is 0.102. The van der Waals surface area contributed by atoms with Gasteiger partial charge in [0.15, 0.2) is 0 Å². The molecule has 34 heavy (non-hydrogen) atoms. The van der Waals surface area contributed by atoms with Crippen LogP contribution in [-0.2, 0) is 0 Å². The minimum atomic E-state index is -1.78. The zero-order valence-electron chi connectivity index (χ0n) is 24.8. The van der Waals surface area contributed by atoms with Crippen molar-refractivity contribution < 1.29 is 24.0 Å². The van der Waals surface area contributed by atoms with Gasteiger partial charge in [0, 0.05) is 52.4 Å². The average Bonchev–Trinajstić information content (AvgIpc) is 2.83. The predicted molar refractivity (Wildman–Crippen MR) is 154 cm³/mol. The molecule has 0 atom stereocenters. The largest absolute Gasteiger partial charge is 1.00 e. The molecule has 0 aliphatic rings. The second kappa shape index (κ2) is 24.3. The van der Waals surface area contributed by atoms with Crippen molar-refractivity contribution in [1.82, 2.24) is 18.7 Å². The predicted octanol–water partition coefficient (Wildman–Crippen LogP) is 5.72. The summed E-state index contributed by atoms with van der Waals surface area (Å²) in [5, 5.41) is 0. The molecule has 0 amide bonds. The van der Waals surface area contributed by atoms with Crippen molar-refractivity contribution in [3.8, 4) is 0 Å². The van der Waals surface area contributed by atoms with E-state index in [0.717, 1.165) is 13.1 Å². The summed E-state index contributed by atoms with van der Waals surface area (Å²) in [6.45, 7) is 28.9. The highest BCUT2D eigenvalue weighted by Gasteiger charge is 2.59. The van der Waals surface area contributed by atoms with Crippen LogP contribution in [0.4, 0.5) is 0 Å². The zero-order chi connectivity index (χ0) is 25.0. The van der Waals surface area contributed by atoms with Gasteiger partial charge in [0.25, 0.3) is 0 Å². The Bertz CT molecular complexity index is 349. The van der Waals surface area contributed by atoms with Gasteiger partial charge in [-0.3, -0.25) is 0 Å². The van der Waals surface area contributed by atoms with Gasteiger partial charge >= 0.3 is 7.87 Å². The molecule has 208 valence electrons. The van der Waals surface area contributed by atoms with Crippen molar-refractivity contribution in [3.05, 3.63) is 0 Å². The molecular formula is C28H64IN4P. The van der Waals surface area contributed by atoms with Gasteiger partial charge in [0.05, 0.1) is 0 Å². The lowest BCUT2D eigenvalue weighted by molar-refractivity contribution is -0.00000816. The topological polar surface area (TPSA) is 13.0 Å². The molecule has 0 bridgehead atoms. The van der Waals surface area contributed by atoms with Crippen LogP contribution >= 0.6 is 7.87 Å². The molecule has 0 aromatic heterocycles. The fourth-order valence-corrected chi connectivity index (χ4v) is 10.2. The summed E-state index contributed by atoms with van der Waals surface area (Å²) in [6.07, 6.45) is 15.6. The maximum absolute atomic E-state index is 3.05. The van der Waals surface area contributed by atoms with Crippen molar-refractivity contribution in [2.75, 3.05) is 52.4 Å². The number of nitrogens with zero attached hydrogens (tertiary/aromatic N) is 4. The van der Waals surface area contributed by atoms with E-state index >= 15 is 0 Å². The van der Waals surface area contributed by atoms with Crippen molar-refractivity contribution in [3.63, 3.8) is 0 Å². The van der Waals surface area contributed by atoms with Crippen molar-refractivity contribution in [2.24, 2.45) is 0 Å². The molecule has 0 fully saturated rings. The van der Waals surface area contributed by atoms with Gasteiger partial charge in [-0.05, 0) is 52.4 Å². The molecule has 0 aromatic rings. The molecule has 4 nitrogen and oxygen atoms in total. The summed E-state index contributed by atoms with van der Waals surface area (Å²) in [5.74, 6) is 0. The Morgan fingerprint density at radius 3 is 0.706 bits per heavy atom. The molecule has 0 saturated heterocycles. The molecule has 0 aliphatic heterocycles. The number of hydrogen-bond acceptors (Lipinski definition) is 4. The van der Waals surface area contributed by atoms with Crippen LogP contribution in [0.5, 0.6) is 0 Å². The second-order valence-electron chi connectivity index (χ2n) is 9.66. The molecule has 0 aliphatic carbocycles. The summed E-state index contributed by atoms with van der Waals surface area (Å²) < 4.78 is 12.1. The fourth-order valence-electron chi connectivity index (χ4n) is 4.86. The van der Waals surface area contributed by atoms with E-state index in [9.17, 15) is 0 Å². The van der Waals surface area contributed by atoms with E-state index in [-0.39, 0.29) is 24.0 Å². The Morgan fingerprint density at radius 1 is 0.353 bits per heavy atom. The highest BCUT2D eigenvalue weighted by atomic mass is 127. The van der Waals surface area contributed by atoms with E-state index in [1.807, 2.05) is 0 Å². The lowest BCUT2D eigenvalue weighted by atomic mass is 10.3. The summed E-state index contributed by atoms with van der Waals surface area (Å²) in [6, 6.07) is 0. The minimum absolute atomic E-state index is 0. The van der Waals surface area contributed by atoms with Crippen LogP contribution in [-0.4, -0.2) is 71.0 Å². The summed E-state index contributed by atoms with van der Waals surface area (Å²) in [4.78, 5) is 0. The molecule has 0 aromatic carbocycles. The molecule has 0 saturated carbocycles. The SMILES string of the molecule is CCCCN(CCCC)[P+](N(CC)CC)(N(CCCC)CCCC)N(CCCC)CCCC.[I-]. The third kappa shape index (κ3) is 12.0. The number of halogens is 1. The molecule has 0 unspecified atom stereocenters. The van der Waals surface area contributed by atoms with Crippen LogP contribution in [0.25, 0.3) is 0 Å². The summed E-state index contributed by atoms with van der Waals surface area (Å²) in [7, 11) is -1.78. The summed E-state index contributed by atoms with van der Waals surface area (Å²) >= 11 is 0. The van der Waals surface area contributed by atoms with Crippen molar-refractivity contribution in [2.45, 2.75) is 132 Å². The Labute approximate surface area is 234 Å². The van der Waals surface area contributed by atoms with Crippen LogP contribution in [0.1, 0.15) is 132 Å². The third-order valence-corrected chi connectivity index (χ3v) is 11.7. The molecule has 0 radical (unpaired) electrons. The van der Waals surface area contributed by atoms with Crippen LogP contribution in [0, 0.1) is 0 Å². The molecule has 0 spiro atoms. The standard InChI is InChI=1S/C28H64N4P.HI/c1-9-17-23-30(24-18-10-2)33(29(15-7)16-8,31(25-19-11-3)26-20-12-4)32(27-21-13-5)28-22-14-6;/h9-28H2,1-8H3;1H/q+1;/p-1. The molecule has 6 heteroatoms.